The number of benzene rings is 2. The molecule has 0 unspecified atom stereocenters. The first-order chi connectivity index (χ1) is 12.2. The average molecular weight is 341 g/mol. The molecule has 2 N–H and O–H groups in total. The summed E-state index contributed by atoms with van der Waals surface area (Å²) in [5.74, 6) is 1.19. The SMILES string of the molecule is CCCCC[C@@H](CC(N)=O)Oc1ccc(OCc2ccccc2)cc1. The van der Waals surface area contributed by atoms with Crippen molar-refractivity contribution in [3.05, 3.63) is 60.2 Å². The van der Waals surface area contributed by atoms with Crippen LogP contribution in [0.3, 0.4) is 0 Å². The monoisotopic (exact) mass is 341 g/mol. The van der Waals surface area contributed by atoms with Gasteiger partial charge in [0.05, 0.1) is 6.42 Å². The van der Waals surface area contributed by atoms with Crippen LogP contribution in [0.1, 0.15) is 44.6 Å². The number of primary amides is 1. The Morgan fingerprint density at radius 2 is 1.68 bits per heavy atom. The summed E-state index contributed by atoms with van der Waals surface area (Å²) in [7, 11) is 0. The molecule has 0 aromatic heterocycles. The average Bonchev–Trinajstić information content (AvgIpc) is 2.62. The van der Waals surface area contributed by atoms with E-state index in [1.807, 2.05) is 54.6 Å². The number of hydrogen-bond acceptors (Lipinski definition) is 3. The molecule has 0 fully saturated rings. The zero-order chi connectivity index (χ0) is 17.9. The van der Waals surface area contributed by atoms with Crippen molar-refractivity contribution in [3.8, 4) is 11.5 Å². The summed E-state index contributed by atoms with van der Waals surface area (Å²) in [6.07, 6.45) is 4.22. The highest BCUT2D eigenvalue weighted by Gasteiger charge is 2.13. The van der Waals surface area contributed by atoms with Gasteiger partial charge in [0, 0.05) is 0 Å². The third-order valence-corrected chi connectivity index (χ3v) is 3.93. The zero-order valence-electron chi connectivity index (χ0n) is 14.8. The van der Waals surface area contributed by atoms with Crippen molar-refractivity contribution in [2.45, 2.75) is 51.7 Å². The molecule has 4 heteroatoms. The van der Waals surface area contributed by atoms with E-state index in [1.165, 1.54) is 0 Å². The molecule has 0 heterocycles. The van der Waals surface area contributed by atoms with Crippen LogP contribution in [0.15, 0.2) is 54.6 Å². The van der Waals surface area contributed by atoms with Gasteiger partial charge in [-0.05, 0) is 42.7 Å². The second-order valence-electron chi connectivity index (χ2n) is 6.15. The first-order valence-electron chi connectivity index (χ1n) is 8.89. The van der Waals surface area contributed by atoms with E-state index in [2.05, 4.69) is 6.92 Å². The predicted molar refractivity (Wildman–Crippen MR) is 99.6 cm³/mol. The van der Waals surface area contributed by atoms with Crippen LogP contribution >= 0.6 is 0 Å². The van der Waals surface area contributed by atoms with Crippen molar-refractivity contribution in [3.63, 3.8) is 0 Å². The number of rotatable bonds is 11. The van der Waals surface area contributed by atoms with Crippen LogP contribution < -0.4 is 15.2 Å². The van der Waals surface area contributed by atoms with Crippen LogP contribution in [-0.4, -0.2) is 12.0 Å². The highest BCUT2D eigenvalue weighted by Crippen LogP contribution is 2.22. The van der Waals surface area contributed by atoms with Crippen LogP contribution in [0.2, 0.25) is 0 Å². The molecule has 1 amide bonds. The Morgan fingerprint density at radius 1 is 1.00 bits per heavy atom. The van der Waals surface area contributed by atoms with Crippen LogP contribution in [0.4, 0.5) is 0 Å². The first-order valence-corrected chi connectivity index (χ1v) is 8.89. The van der Waals surface area contributed by atoms with E-state index in [0.717, 1.165) is 42.7 Å². The number of carbonyl (C=O) groups is 1. The molecule has 0 saturated heterocycles. The fourth-order valence-corrected chi connectivity index (χ4v) is 2.60. The normalized spacial score (nSPS) is 11.7. The number of nitrogens with two attached hydrogens (primary N) is 1. The maximum Gasteiger partial charge on any atom is 0.221 e. The van der Waals surface area contributed by atoms with E-state index in [-0.39, 0.29) is 18.4 Å². The lowest BCUT2D eigenvalue weighted by Gasteiger charge is -2.18. The van der Waals surface area contributed by atoms with E-state index in [9.17, 15) is 4.79 Å². The van der Waals surface area contributed by atoms with Gasteiger partial charge in [-0.15, -0.1) is 0 Å². The molecule has 134 valence electrons. The van der Waals surface area contributed by atoms with Gasteiger partial charge in [-0.3, -0.25) is 4.79 Å². The Kier molecular flexibility index (Phi) is 7.83. The molecule has 0 aliphatic heterocycles. The Bertz CT molecular complexity index is 625. The molecule has 2 aromatic carbocycles. The van der Waals surface area contributed by atoms with Gasteiger partial charge in [-0.2, -0.15) is 0 Å². The lowest BCUT2D eigenvalue weighted by Crippen LogP contribution is -2.25. The molecular weight excluding hydrogens is 314 g/mol. The number of hydrogen-bond donors (Lipinski definition) is 1. The van der Waals surface area contributed by atoms with E-state index in [4.69, 9.17) is 15.2 Å². The van der Waals surface area contributed by atoms with E-state index >= 15 is 0 Å². The summed E-state index contributed by atoms with van der Waals surface area (Å²) >= 11 is 0. The highest BCUT2D eigenvalue weighted by atomic mass is 16.5. The molecular formula is C21H27NO3. The Hall–Kier alpha value is -2.49. The molecule has 0 radical (unpaired) electrons. The van der Waals surface area contributed by atoms with Gasteiger partial charge in [-0.1, -0.05) is 50.1 Å². The van der Waals surface area contributed by atoms with Crippen LogP contribution in [0.5, 0.6) is 11.5 Å². The second-order valence-corrected chi connectivity index (χ2v) is 6.15. The second kappa shape index (κ2) is 10.4. The van der Waals surface area contributed by atoms with Gasteiger partial charge in [0.2, 0.25) is 5.91 Å². The number of unbranched alkanes of at least 4 members (excludes halogenated alkanes) is 2. The Labute approximate surface area is 150 Å². The number of ether oxygens (including phenoxy) is 2. The van der Waals surface area contributed by atoms with Gasteiger partial charge in [0.15, 0.2) is 0 Å². The van der Waals surface area contributed by atoms with Crippen LogP contribution in [0, 0.1) is 0 Å². The third kappa shape index (κ3) is 7.29. The lowest BCUT2D eigenvalue weighted by atomic mass is 10.1. The zero-order valence-corrected chi connectivity index (χ0v) is 14.8. The molecule has 0 aliphatic rings. The maximum absolute atomic E-state index is 11.2. The van der Waals surface area contributed by atoms with Crippen molar-refractivity contribution >= 4 is 5.91 Å². The van der Waals surface area contributed by atoms with E-state index in [0.29, 0.717) is 6.61 Å². The van der Waals surface area contributed by atoms with Gasteiger partial charge in [0.1, 0.15) is 24.2 Å². The minimum atomic E-state index is -0.329. The van der Waals surface area contributed by atoms with Crippen molar-refractivity contribution in [2.24, 2.45) is 5.73 Å². The molecule has 4 nitrogen and oxygen atoms in total. The molecule has 2 aromatic rings. The first kappa shape index (κ1) is 18.8. The minimum Gasteiger partial charge on any atom is -0.490 e. The van der Waals surface area contributed by atoms with Gasteiger partial charge >= 0.3 is 0 Å². The fraction of sp³-hybridized carbons (Fsp3) is 0.381. The van der Waals surface area contributed by atoms with Crippen molar-refractivity contribution in [2.75, 3.05) is 0 Å². The molecule has 2 rings (SSSR count). The van der Waals surface area contributed by atoms with Crippen molar-refractivity contribution < 1.29 is 14.3 Å². The summed E-state index contributed by atoms with van der Waals surface area (Å²) < 4.78 is 11.7. The lowest BCUT2D eigenvalue weighted by molar-refractivity contribution is -0.119. The molecule has 0 bridgehead atoms. The summed E-state index contributed by atoms with van der Waals surface area (Å²) in [5.41, 5.74) is 6.46. The molecule has 0 aliphatic carbocycles. The van der Waals surface area contributed by atoms with Gasteiger partial charge in [0.25, 0.3) is 0 Å². The molecule has 0 saturated carbocycles. The molecule has 0 spiro atoms. The van der Waals surface area contributed by atoms with Crippen molar-refractivity contribution in [1.82, 2.24) is 0 Å². The largest absolute Gasteiger partial charge is 0.490 e. The standard InChI is InChI=1S/C21H27NO3/c1-2-3-5-10-20(15-21(22)23)25-19-13-11-18(12-14-19)24-16-17-8-6-4-7-9-17/h4,6-9,11-14,20H,2-3,5,10,15-16H2,1H3,(H2,22,23)/t20-/m0/s1. The van der Waals surface area contributed by atoms with Gasteiger partial charge in [-0.25, -0.2) is 0 Å². The predicted octanol–water partition coefficient (Wildman–Crippen LogP) is 4.47. The summed E-state index contributed by atoms with van der Waals surface area (Å²) in [6.45, 7) is 2.68. The van der Waals surface area contributed by atoms with Crippen LogP contribution in [0.25, 0.3) is 0 Å². The van der Waals surface area contributed by atoms with Crippen molar-refractivity contribution in [1.29, 1.82) is 0 Å². The minimum absolute atomic E-state index is 0.167. The number of amides is 1. The summed E-state index contributed by atoms with van der Waals surface area (Å²) in [6, 6.07) is 17.5. The maximum atomic E-state index is 11.2. The number of carbonyl (C=O) groups excluding carboxylic acids is 1. The van der Waals surface area contributed by atoms with Crippen LogP contribution in [-0.2, 0) is 11.4 Å². The summed E-state index contributed by atoms with van der Waals surface area (Å²) in [4.78, 5) is 11.2. The quantitative estimate of drug-likeness (QED) is 0.613. The van der Waals surface area contributed by atoms with E-state index in [1.54, 1.807) is 0 Å². The molecule has 25 heavy (non-hydrogen) atoms. The van der Waals surface area contributed by atoms with Gasteiger partial charge < -0.3 is 15.2 Å². The smallest absolute Gasteiger partial charge is 0.221 e. The summed E-state index contributed by atoms with van der Waals surface area (Å²) in [5, 5.41) is 0. The fourth-order valence-electron chi connectivity index (χ4n) is 2.60. The third-order valence-electron chi connectivity index (χ3n) is 3.93. The topological polar surface area (TPSA) is 61.6 Å². The van der Waals surface area contributed by atoms with E-state index < -0.39 is 0 Å². The molecule has 1 atom stereocenters. The highest BCUT2D eigenvalue weighted by molar-refractivity contribution is 5.74. The Balaban J connectivity index is 1.87. The Morgan fingerprint density at radius 3 is 2.32 bits per heavy atom.